The zero-order chi connectivity index (χ0) is 2.71. The Balaban J connectivity index is 0. The van der Waals surface area contributed by atoms with Gasteiger partial charge in [0.25, 0.3) is 0 Å². The molecule has 0 spiro atoms. The molecule has 1 nitrogen and oxygen atoms in total. The van der Waals surface area contributed by atoms with Crippen molar-refractivity contribution >= 4 is 6.72 Å². The molecule has 2 heteroatoms. The molecule has 0 radical (unpaired) electrons. The van der Waals surface area contributed by atoms with E-state index in [-0.39, 0.29) is 21.1 Å². The van der Waals surface area contributed by atoms with Crippen molar-refractivity contribution in [2.75, 3.05) is 7.05 Å². The predicted molar refractivity (Wildman–Crippen MR) is 14.4 cm³/mol. The average molecular weight is 226 g/mol. The van der Waals surface area contributed by atoms with E-state index in [0.717, 1.165) is 0 Å². The SMILES string of the molecule is [CH-]=NC.[W]. The van der Waals surface area contributed by atoms with E-state index in [4.69, 9.17) is 0 Å². The van der Waals surface area contributed by atoms with Gasteiger partial charge in [0.15, 0.2) is 0 Å². The standard InChI is InChI=1S/C2H4N.W/c1-3-2;/h1H,2H3;/q-1;. The maximum absolute atomic E-state index is 4.47. The van der Waals surface area contributed by atoms with Gasteiger partial charge in [0.05, 0.1) is 0 Å². The van der Waals surface area contributed by atoms with Gasteiger partial charge in [0.2, 0.25) is 0 Å². The Labute approximate surface area is 40.4 Å². The average Bonchev–Trinajstić information content (AvgIpc) is 0.918. The molecule has 0 aromatic rings. The maximum Gasteiger partial charge on any atom is 0 e. The summed E-state index contributed by atoms with van der Waals surface area (Å²) >= 11 is 0. The molecule has 0 saturated carbocycles. The normalized spacial score (nSPS) is 3.25. The van der Waals surface area contributed by atoms with Gasteiger partial charge in [0, 0.05) is 21.1 Å². The van der Waals surface area contributed by atoms with Crippen molar-refractivity contribution in [3.05, 3.63) is 0 Å². The monoisotopic (exact) mass is 226 g/mol. The van der Waals surface area contributed by atoms with Crippen LogP contribution >= 0.6 is 0 Å². The maximum atomic E-state index is 4.47. The van der Waals surface area contributed by atoms with E-state index in [1.165, 1.54) is 7.05 Å². The Morgan fingerprint density at radius 2 is 1.75 bits per heavy atom. The first-order valence-corrected chi connectivity index (χ1v) is 0.705. The summed E-state index contributed by atoms with van der Waals surface area (Å²) in [6.45, 7) is 4.47. The minimum atomic E-state index is 0. The summed E-state index contributed by atoms with van der Waals surface area (Å²) in [7, 11) is 1.53. The second-order valence-electron chi connectivity index (χ2n) is 0.258. The molecule has 0 aliphatic heterocycles. The fourth-order valence-corrected chi connectivity index (χ4v) is 0. The van der Waals surface area contributed by atoms with Crippen molar-refractivity contribution in [1.82, 2.24) is 0 Å². The third kappa shape index (κ3) is 33.9. The molecule has 0 bridgehead atoms. The molecular weight excluding hydrogens is 222 g/mol. The van der Waals surface area contributed by atoms with Gasteiger partial charge in [-0.25, -0.2) is 0 Å². The molecule has 0 atom stereocenters. The predicted octanol–water partition coefficient (Wildman–Crippen LogP) is 0.191. The van der Waals surface area contributed by atoms with E-state index in [2.05, 4.69) is 11.7 Å². The summed E-state index contributed by atoms with van der Waals surface area (Å²) in [5, 5.41) is 0. The van der Waals surface area contributed by atoms with Crippen LogP contribution in [0.2, 0.25) is 0 Å². The van der Waals surface area contributed by atoms with Crippen molar-refractivity contribution in [2.45, 2.75) is 0 Å². The van der Waals surface area contributed by atoms with E-state index in [1.807, 2.05) is 0 Å². The third-order valence-corrected chi connectivity index (χ3v) is 0. The molecule has 0 fully saturated rings. The second-order valence-corrected chi connectivity index (χ2v) is 0.258. The van der Waals surface area contributed by atoms with Crippen LogP contribution < -0.4 is 0 Å². The van der Waals surface area contributed by atoms with Crippen LogP contribution in [0.1, 0.15) is 0 Å². The van der Waals surface area contributed by atoms with E-state index < -0.39 is 0 Å². The quantitative estimate of drug-likeness (QED) is 0.413. The zero-order valence-electron chi connectivity index (χ0n) is 2.43. The molecule has 0 aromatic carbocycles. The van der Waals surface area contributed by atoms with Gasteiger partial charge in [-0.15, -0.1) is 0 Å². The molecule has 24 valence electrons. The van der Waals surface area contributed by atoms with Crippen LogP contribution in [0.4, 0.5) is 0 Å². The van der Waals surface area contributed by atoms with Crippen LogP contribution in [0.15, 0.2) is 4.99 Å². The Hall–Kier alpha value is 0.358. The fourth-order valence-electron chi connectivity index (χ4n) is 0. The number of hydrogen-bond acceptors (Lipinski definition) is 1. The summed E-state index contributed by atoms with van der Waals surface area (Å²) in [4.78, 5) is 3.00. The summed E-state index contributed by atoms with van der Waals surface area (Å²) < 4.78 is 0. The Kier molecular flexibility index (Phi) is 22.4. The van der Waals surface area contributed by atoms with Crippen molar-refractivity contribution in [3.8, 4) is 0 Å². The summed E-state index contributed by atoms with van der Waals surface area (Å²) in [6.07, 6.45) is 0. The number of nitrogens with zero attached hydrogens (tertiary/aromatic N) is 1. The minimum absolute atomic E-state index is 0. The van der Waals surface area contributed by atoms with Gasteiger partial charge >= 0.3 is 0 Å². The zero-order valence-corrected chi connectivity index (χ0v) is 5.37. The molecule has 0 aliphatic carbocycles. The minimum Gasteiger partial charge on any atom is -0.509 e. The van der Waals surface area contributed by atoms with Crippen molar-refractivity contribution in [3.63, 3.8) is 0 Å². The fraction of sp³-hybridized carbons (Fsp3) is 0.500. The van der Waals surface area contributed by atoms with Gasteiger partial charge < -0.3 is 11.7 Å². The van der Waals surface area contributed by atoms with Crippen molar-refractivity contribution < 1.29 is 21.1 Å². The molecule has 0 rings (SSSR count). The topological polar surface area (TPSA) is 12.4 Å². The number of rotatable bonds is 0. The van der Waals surface area contributed by atoms with Crippen LogP contribution in [0.3, 0.4) is 0 Å². The molecule has 0 saturated heterocycles. The van der Waals surface area contributed by atoms with Crippen molar-refractivity contribution in [2.24, 2.45) is 4.99 Å². The summed E-state index contributed by atoms with van der Waals surface area (Å²) in [5.74, 6) is 0. The Morgan fingerprint density at radius 3 is 1.75 bits per heavy atom. The van der Waals surface area contributed by atoms with Gasteiger partial charge in [-0.1, -0.05) is 0 Å². The molecule has 0 N–H and O–H groups in total. The summed E-state index contributed by atoms with van der Waals surface area (Å²) in [5.41, 5.74) is 0. The Morgan fingerprint density at radius 1 is 1.75 bits per heavy atom. The van der Waals surface area contributed by atoms with Crippen LogP contribution in [0, 0.1) is 0 Å². The first-order valence-electron chi connectivity index (χ1n) is 0.705. The molecule has 0 amide bonds. The molecule has 0 heterocycles. The molecule has 4 heavy (non-hydrogen) atoms. The van der Waals surface area contributed by atoms with Crippen LogP contribution in [-0.2, 0) is 21.1 Å². The number of hydrogen-bond donors (Lipinski definition) is 0. The van der Waals surface area contributed by atoms with E-state index in [9.17, 15) is 0 Å². The largest absolute Gasteiger partial charge is 0.509 e. The third-order valence-electron chi connectivity index (χ3n) is 0. The van der Waals surface area contributed by atoms with Crippen LogP contribution in [0.25, 0.3) is 0 Å². The van der Waals surface area contributed by atoms with Crippen LogP contribution in [-0.4, -0.2) is 13.8 Å². The van der Waals surface area contributed by atoms with E-state index in [1.54, 1.807) is 0 Å². The molecule has 0 unspecified atom stereocenters. The van der Waals surface area contributed by atoms with E-state index >= 15 is 0 Å². The van der Waals surface area contributed by atoms with Gasteiger partial charge in [0.1, 0.15) is 0 Å². The molecular formula is C2H4NW-. The van der Waals surface area contributed by atoms with Gasteiger partial charge in [-0.05, 0) is 7.05 Å². The molecule has 0 aliphatic rings. The first-order chi connectivity index (χ1) is 1.41. The first kappa shape index (κ1) is 8.84. The summed E-state index contributed by atoms with van der Waals surface area (Å²) in [6, 6.07) is 0. The Bertz CT molecular complexity index is 13.5. The van der Waals surface area contributed by atoms with Crippen LogP contribution in [0.5, 0.6) is 0 Å². The van der Waals surface area contributed by atoms with Gasteiger partial charge in [-0.3, -0.25) is 0 Å². The van der Waals surface area contributed by atoms with Crippen molar-refractivity contribution in [1.29, 1.82) is 0 Å². The van der Waals surface area contributed by atoms with Gasteiger partial charge in [-0.2, -0.15) is 0 Å². The van der Waals surface area contributed by atoms with E-state index in [0.29, 0.717) is 0 Å². The smallest absolute Gasteiger partial charge is 0 e. The second kappa shape index (κ2) is 10.1. The number of aliphatic imine (C=N–C) groups is 1. The molecule has 0 aromatic heterocycles.